The number of amides is 1. The first kappa shape index (κ1) is 20.4. The summed E-state index contributed by atoms with van der Waals surface area (Å²) in [5, 5.41) is 2.95. The minimum absolute atomic E-state index is 0.201. The number of para-hydroxylation sites is 1. The molecule has 154 valence electrons. The summed E-state index contributed by atoms with van der Waals surface area (Å²) in [4.78, 5) is 12.8. The van der Waals surface area contributed by atoms with Crippen molar-refractivity contribution in [2.45, 2.75) is 36.9 Å². The maximum Gasteiger partial charge on any atom is 0.259 e. The highest BCUT2D eigenvalue weighted by Gasteiger charge is 2.22. The second-order valence-corrected chi connectivity index (χ2v) is 8.99. The number of benzene rings is 3. The third kappa shape index (κ3) is 5.36. The van der Waals surface area contributed by atoms with Gasteiger partial charge in [-0.1, -0.05) is 54.6 Å². The van der Waals surface area contributed by atoms with Crippen LogP contribution < -0.4 is 10.1 Å². The molecule has 4 rings (SSSR count). The third-order valence-corrected chi connectivity index (χ3v) is 6.47. The van der Waals surface area contributed by atoms with Crippen molar-refractivity contribution >= 4 is 22.4 Å². The van der Waals surface area contributed by atoms with E-state index >= 15 is 0 Å². The zero-order chi connectivity index (χ0) is 20.8. The Bertz CT molecular complexity index is 1030. The van der Waals surface area contributed by atoms with Crippen LogP contribution in [0.4, 0.5) is 5.69 Å². The Hall–Kier alpha value is -2.92. The average molecular weight is 420 g/mol. The molecule has 0 heterocycles. The maximum absolute atomic E-state index is 12.8. The van der Waals surface area contributed by atoms with Crippen LogP contribution in [0.25, 0.3) is 0 Å². The van der Waals surface area contributed by atoms with E-state index < -0.39 is 10.8 Å². The van der Waals surface area contributed by atoms with E-state index in [9.17, 15) is 9.00 Å². The van der Waals surface area contributed by atoms with Crippen LogP contribution in [-0.2, 0) is 22.3 Å². The monoisotopic (exact) mass is 419 g/mol. The average Bonchev–Trinajstić information content (AvgIpc) is 2.72. The number of ether oxygens (including phenoxy) is 1. The van der Waals surface area contributed by atoms with E-state index in [1.165, 1.54) is 6.42 Å². The van der Waals surface area contributed by atoms with Gasteiger partial charge in [-0.15, -0.1) is 0 Å². The van der Waals surface area contributed by atoms with Gasteiger partial charge in [-0.2, -0.15) is 0 Å². The van der Waals surface area contributed by atoms with Crippen molar-refractivity contribution in [3.63, 3.8) is 0 Å². The summed E-state index contributed by atoms with van der Waals surface area (Å²) in [7, 11) is -1.02. The van der Waals surface area contributed by atoms with E-state index in [0.29, 0.717) is 28.5 Å². The Balaban J connectivity index is 1.40. The molecular formula is C25H25NO3S. The van der Waals surface area contributed by atoms with E-state index in [0.717, 1.165) is 24.0 Å². The van der Waals surface area contributed by atoms with Gasteiger partial charge in [0.2, 0.25) is 0 Å². The molecule has 0 bridgehead atoms. The summed E-state index contributed by atoms with van der Waals surface area (Å²) in [5.41, 5.74) is 3.21. The van der Waals surface area contributed by atoms with Gasteiger partial charge in [0.05, 0.1) is 11.7 Å². The zero-order valence-corrected chi connectivity index (χ0v) is 17.6. The van der Waals surface area contributed by atoms with Crippen molar-refractivity contribution in [2.75, 3.05) is 5.32 Å². The SMILES string of the molecule is O=C(Nc1cccc(CS(=O)Cc2ccccc2)c1)c1ccccc1OC1CCC1. The summed E-state index contributed by atoms with van der Waals surface area (Å²) in [6.07, 6.45) is 3.47. The maximum atomic E-state index is 12.8. The fraction of sp³-hybridized carbons (Fsp3) is 0.240. The normalized spacial score (nSPS) is 14.5. The molecule has 0 spiro atoms. The first-order chi connectivity index (χ1) is 14.7. The minimum atomic E-state index is -1.02. The van der Waals surface area contributed by atoms with Crippen LogP contribution in [0.3, 0.4) is 0 Å². The van der Waals surface area contributed by atoms with E-state index in [-0.39, 0.29) is 12.0 Å². The first-order valence-corrected chi connectivity index (χ1v) is 11.7. The number of hydrogen-bond acceptors (Lipinski definition) is 3. The Morgan fingerprint density at radius 1 is 0.900 bits per heavy atom. The van der Waals surface area contributed by atoms with Crippen LogP contribution in [0, 0.1) is 0 Å². The molecule has 1 N–H and O–H groups in total. The molecule has 3 aromatic rings. The standard InChI is InChI=1S/C25H25NO3S/c27-25(23-14-4-5-15-24(23)29-22-12-7-13-22)26-21-11-6-10-20(16-21)18-30(28)17-19-8-2-1-3-9-19/h1-6,8-11,14-16,22H,7,12-13,17-18H2,(H,26,27). The van der Waals surface area contributed by atoms with Crippen molar-refractivity contribution in [3.05, 3.63) is 95.6 Å². The van der Waals surface area contributed by atoms with Gasteiger partial charge in [0.15, 0.2) is 0 Å². The number of hydrogen-bond donors (Lipinski definition) is 1. The van der Waals surface area contributed by atoms with Crippen molar-refractivity contribution < 1.29 is 13.7 Å². The summed E-state index contributed by atoms with van der Waals surface area (Å²) in [6.45, 7) is 0. The van der Waals surface area contributed by atoms with Gasteiger partial charge in [0, 0.05) is 28.0 Å². The number of nitrogens with one attached hydrogen (secondary N) is 1. The second-order valence-electron chi connectivity index (χ2n) is 7.54. The molecule has 0 aliphatic heterocycles. The van der Waals surface area contributed by atoms with Crippen LogP contribution in [0.2, 0.25) is 0 Å². The van der Waals surface area contributed by atoms with Crippen LogP contribution in [0.5, 0.6) is 5.75 Å². The molecular weight excluding hydrogens is 394 g/mol. The molecule has 0 radical (unpaired) electrons. The molecule has 1 unspecified atom stereocenters. The lowest BCUT2D eigenvalue weighted by Gasteiger charge is -2.27. The zero-order valence-electron chi connectivity index (χ0n) is 16.8. The van der Waals surface area contributed by atoms with Gasteiger partial charge in [0.25, 0.3) is 5.91 Å². The fourth-order valence-electron chi connectivity index (χ4n) is 3.36. The number of carbonyl (C=O) groups is 1. The summed E-state index contributed by atoms with van der Waals surface area (Å²) in [6, 6.07) is 24.7. The van der Waals surface area contributed by atoms with Crippen LogP contribution in [0.1, 0.15) is 40.7 Å². The highest BCUT2D eigenvalue weighted by Crippen LogP contribution is 2.28. The van der Waals surface area contributed by atoms with Gasteiger partial charge in [-0.3, -0.25) is 9.00 Å². The molecule has 30 heavy (non-hydrogen) atoms. The number of rotatable bonds is 8. The molecule has 1 aliphatic rings. The molecule has 3 aromatic carbocycles. The molecule has 1 amide bonds. The van der Waals surface area contributed by atoms with Gasteiger partial charge in [-0.05, 0) is 54.7 Å². The largest absolute Gasteiger partial charge is 0.490 e. The highest BCUT2D eigenvalue weighted by atomic mass is 32.2. The molecule has 1 saturated carbocycles. The molecule has 1 fully saturated rings. The molecule has 0 saturated heterocycles. The Kier molecular flexibility index (Phi) is 6.60. The summed E-state index contributed by atoms with van der Waals surface area (Å²) >= 11 is 0. The summed E-state index contributed by atoms with van der Waals surface area (Å²) in [5.74, 6) is 1.39. The van der Waals surface area contributed by atoms with E-state index in [1.807, 2.05) is 72.8 Å². The quantitative estimate of drug-likeness (QED) is 0.538. The Morgan fingerprint density at radius 2 is 1.60 bits per heavy atom. The van der Waals surface area contributed by atoms with Crippen LogP contribution >= 0.6 is 0 Å². The molecule has 4 nitrogen and oxygen atoms in total. The lowest BCUT2D eigenvalue weighted by molar-refractivity contribution is 0.0992. The fourth-order valence-corrected chi connectivity index (χ4v) is 4.58. The number of carbonyl (C=O) groups excluding carboxylic acids is 1. The predicted molar refractivity (Wildman–Crippen MR) is 121 cm³/mol. The molecule has 5 heteroatoms. The highest BCUT2D eigenvalue weighted by molar-refractivity contribution is 7.83. The topological polar surface area (TPSA) is 55.4 Å². The van der Waals surface area contributed by atoms with Crippen molar-refractivity contribution in [1.82, 2.24) is 0 Å². The van der Waals surface area contributed by atoms with Gasteiger partial charge < -0.3 is 10.1 Å². The van der Waals surface area contributed by atoms with E-state index in [2.05, 4.69) is 5.32 Å². The smallest absolute Gasteiger partial charge is 0.259 e. The second kappa shape index (κ2) is 9.72. The van der Waals surface area contributed by atoms with Crippen molar-refractivity contribution in [2.24, 2.45) is 0 Å². The van der Waals surface area contributed by atoms with Gasteiger partial charge in [-0.25, -0.2) is 0 Å². The Morgan fingerprint density at radius 3 is 2.37 bits per heavy atom. The van der Waals surface area contributed by atoms with Crippen molar-refractivity contribution in [1.29, 1.82) is 0 Å². The van der Waals surface area contributed by atoms with Gasteiger partial charge >= 0.3 is 0 Å². The van der Waals surface area contributed by atoms with E-state index in [1.54, 1.807) is 6.07 Å². The predicted octanol–water partition coefficient (Wildman–Crippen LogP) is 5.32. The lowest BCUT2D eigenvalue weighted by atomic mass is 9.96. The molecule has 1 aliphatic carbocycles. The lowest BCUT2D eigenvalue weighted by Crippen LogP contribution is -2.26. The summed E-state index contributed by atoms with van der Waals surface area (Å²) < 4.78 is 18.5. The van der Waals surface area contributed by atoms with Gasteiger partial charge in [0.1, 0.15) is 5.75 Å². The van der Waals surface area contributed by atoms with Crippen LogP contribution in [0.15, 0.2) is 78.9 Å². The Labute approximate surface area is 179 Å². The minimum Gasteiger partial charge on any atom is -0.490 e. The van der Waals surface area contributed by atoms with E-state index in [4.69, 9.17) is 4.74 Å². The molecule has 0 aromatic heterocycles. The molecule has 1 atom stereocenters. The third-order valence-electron chi connectivity index (χ3n) is 5.16. The van der Waals surface area contributed by atoms with Crippen LogP contribution in [-0.4, -0.2) is 16.2 Å². The van der Waals surface area contributed by atoms with Crippen molar-refractivity contribution in [3.8, 4) is 5.75 Å². The first-order valence-electron chi connectivity index (χ1n) is 10.2. The number of anilines is 1.